The maximum absolute atomic E-state index is 13.7. The molecule has 134 valence electrons. The lowest BCUT2D eigenvalue weighted by Gasteiger charge is -2.09. The highest BCUT2D eigenvalue weighted by Gasteiger charge is 2.13. The number of aryl methyl sites for hydroxylation is 1. The van der Waals surface area contributed by atoms with E-state index in [0.717, 1.165) is 24.5 Å². The fourth-order valence-electron chi connectivity index (χ4n) is 2.76. The van der Waals surface area contributed by atoms with E-state index >= 15 is 0 Å². The van der Waals surface area contributed by atoms with Crippen LogP contribution in [0.25, 0.3) is 10.8 Å². The Morgan fingerprint density at radius 2 is 1.62 bits per heavy atom. The summed E-state index contributed by atoms with van der Waals surface area (Å²) in [6, 6.07) is 13.6. The van der Waals surface area contributed by atoms with Crippen molar-refractivity contribution in [1.29, 1.82) is 0 Å². The van der Waals surface area contributed by atoms with E-state index in [1.54, 1.807) is 6.07 Å². The van der Waals surface area contributed by atoms with Crippen molar-refractivity contribution in [2.75, 3.05) is 0 Å². The van der Waals surface area contributed by atoms with Crippen LogP contribution in [-0.4, -0.2) is 0 Å². The zero-order valence-corrected chi connectivity index (χ0v) is 14.4. The summed E-state index contributed by atoms with van der Waals surface area (Å²) in [6.45, 7) is 2.35. The van der Waals surface area contributed by atoms with E-state index in [2.05, 4.69) is 18.2 Å². The molecule has 0 aromatic heterocycles. The summed E-state index contributed by atoms with van der Waals surface area (Å²) in [6.07, 6.45) is 6.17. The monoisotopic (exact) mass is 356 g/mol. The second kappa shape index (κ2) is 8.09. The maximum atomic E-state index is 13.7. The van der Waals surface area contributed by atoms with Gasteiger partial charge in [-0.25, -0.2) is 13.2 Å². The molecule has 0 saturated carbocycles. The van der Waals surface area contributed by atoms with Gasteiger partial charge in [-0.3, -0.25) is 0 Å². The summed E-state index contributed by atoms with van der Waals surface area (Å²) >= 11 is 0. The minimum absolute atomic E-state index is 0.0294. The molecule has 0 spiro atoms. The van der Waals surface area contributed by atoms with Gasteiger partial charge in [0.2, 0.25) is 0 Å². The molecule has 3 rings (SSSR count). The Kier molecular flexibility index (Phi) is 5.61. The van der Waals surface area contributed by atoms with E-state index in [1.165, 1.54) is 17.7 Å². The van der Waals surface area contributed by atoms with Crippen molar-refractivity contribution in [3.8, 4) is 5.75 Å². The van der Waals surface area contributed by atoms with E-state index in [4.69, 9.17) is 4.74 Å². The second-order valence-corrected chi connectivity index (χ2v) is 6.08. The van der Waals surface area contributed by atoms with Crippen LogP contribution in [0.5, 0.6) is 5.75 Å². The molecule has 0 amide bonds. The Morgan fingerprint density at radius 1 is 0.885 bits per heavy atom. The molecule has 0 heterocycles. The smallest absolute Gasteiger partial charge is 0.195 e. The molecule has 0 atom stereocenters. The summed E-state index contributed by atoms with van der Waals surface area (Å²) in [4.78, 5) is 0. The first-order chi connectivity index (χ1) is 12.6. The largest absolute Gasteiger partial charge is 0.489 e. The Balaban J connectivity index is 1.68. The highest BCUT2D eigenvalue weighted by molar-refractivity contribution is 5.84. The SMILES string of the molecule is C/C=C/CCc1ccc(COc2ccc3c(F)c(F)c(F)cc3c2)cc1. The van der Waals surface area contributed by atoms with Crippen molar-refractivity contribution in [3.05, 3.63) is 89.3 Å². The third kappa shape index (κ3) is 4.07. The molecule has 0 aliphatic rings. The molecule has 0 N–H and O–H groups in total. The van der Waals surface area contributed by atoms with E-state index in [1.807, 2.05) is 25.1 Å². The van der Waals surface area contributed by atoms with Crippen molar-refractivity contribution in [2.24, 2.45) is 0 Å². The van der Waals surface area contributed by atoms with Gasteiger partial charge in [-0.1, -0.05) is 36.4 Å². The number of rotatable bonds is 6. The van der Waals surface area contributed by atoms with Crippen LogP contribution >= 0.6 is 0 Å². The lowest BCUT2D eigenvalue weighted by molar-refractivity contribution is 0.306. The van der Waals surface area contributed by atoms with E-state index in [9.17, 15) is 13.2 Å². The van der Waals surface area contributed by atoms with Crippen LogP contribution in [0.1, 0.15) is 24.5 Å². The normalized spacial score (nSPS) is 11.4. The van der Waals surface area contributed by atoms with E-state index < -0.39 is 17.5 Å². The molecular weight excluding hydrogens is 337 g/mol. The average Bonchev–Trinajstić information content (AvgIpc) is 2.65. The lowest BCUT2D eigenvalue weighted by atomic mass is 10.1. The fourth-order valence-corrected chi connectivity index (χ4v) is 2.76. The quantitative estimate of drug-likeness (QED) is 0.370. The fraction of sp³-hybridized carbons (Fsp3) is 0.182. The summed E-state index contributed by atoms with van der Waals surface area (Å²) in [7, 11) is 0. The van der Waals surface area contributed by atoms with Gasteiger partial charge in [0.25, 0.3) is 0 Å². The Morgan fingerprint density at radius 3 is 2.35 bits per heavy atom. The Bertz CT molecular complexity index is 930. The third-order valence-corrected chi connectivity index (χ3v) is 4.21. The van der Waals surface area contributed by atoms with Crippen LogP contribution in [0.4, 0.5) is 13.2 Å². The predicted molar refractivity (Wildman–Crippen MR) is 97.7 cm³/mol. The van der Waals surface area contributed by atoms with Crippen LogP contribution < -0.4 is 4.74 Å². The zero-order valence-electron chi connectivity index (χ0n) is 14.4. The predicted octanol–water partition coefficient (Wildman–Crippen LogP) is 6.34. The van der Waals surface area contributed by atoms with Crippen LogP contribution in [0.15, 0.2) is 60.7 Å². The highest BCUT2D eigenvalue weighted by Crippen LogP contribution is 2.27. The molecule has 1 nitrogen and oxygen atoms in total. The summed E-state index contributed by atoms with van der Waals surface area (Å²) in [5.41, 5.74) is 2.25. The zero-order chi connectivity index (χ0) is 18.5. The molecule has 0 aliphatic carbocycles. The summed E-state index contributed by atoms with van der Waals surface area (Å²) in [5, 5.41) is 0.292. The molecule has 26 heavy (non-hydrogen) atoms. The lowest BCUT2D eigenvalue weighted by Crippen LogP contribution is -1.97. The van der Waals surface area contributed by atoms with Crippen molar-refractivity contribution in [3.63, 3.8) is 0 Å². The Hall–Kier alpha value is -2.75. The number of hydrogen-bond acceptors (Lipinski definition) is 1. The number of hydrogen-bond donors (Lipinski definition) is 0. The molecular formula is C22H19F3O. The molecule has 3 aromatic carbocycles. The first kappa shape index (κ1) is 18.1. The maximum Gasteiger partial charge on any atom is 0.195 e. The van der Waals surface area contributed by atoms with E-state index in [0.29, 0.717) is 12.4 Å². The number of fused-ring (bicyclic) bond motifs is 1. The van der Waals surface area contributed by atoms with Gasteiger partial charge in [0.05, 0.1) is 0 Å². The minimum atomic E-state index is -1.46. The molecule has 3 aromatic rings. The van der Waals surface area contributed by atoms with Gasteiger partial charge in [-0.15, -0.1) is 0 Å². The van der Waals surface area contributed by atoms with Crippen LogP contribution in [-0.2, 0) is 13.0 Å². The topological polar surface area (TPSA) is 9.23 Å². The molecule has 0 fully saturated rings. The van der Waals surface area contributed by atoms with Gasteiger partial charge in [0.1, 0.15) is 12.4 Å². The standard InChI is InChI=1S/C22H19F3O/c1-2-3-4-5-15-6-8-16(9-7-15)14-26-18-10-11-19-17(12-18)13-20(23)22(25)21(19)24/h2-3,6-13H,4-5,14H2,1H3/b3-2+. The van der Waals surface area contributed by atoms with Crippen molar-refractivity contribution >= 4 is 10.8 Å². The number of allylic oxidation sites excluding steroid dienone is 2. The van der Waals surface area contributed by atoms with E-state index in [-0.39, 0.29) is 10.8 Å². The third-order valence-electron chi connectivity index (χ3n) is 4.21. The van der Waals surface area contributed by atoms with Crippen molar-refractivity contribution in [2.45, 2.75) is 26.4 Å². The highest BCUT2D eigenvalue weighted by atomic mass is 19.2. The van der Waals surface area contributed by atoms with Crippen molar-refractivity contribution < 1.29 is 17.9 Å². The molecule has 0 aliphatic heterocycles. The van der Waals surface area contributed by atoms with Gasteiger partial charge in [0.15, 0.2) is 17.5 Å². The number of halogens is 3. The van der Waals surface area contributed by atoms with Crippen LogP contribution in [0.3, 0.4) is 0 Å². The first-order valence-corrected chi connectivity index (χ1v) is 8.47. The average molecular weight is 356 g/mol. The second-order valence-electron chi connectivity index (χ2n) is 6.08. The first-order valence-electron chi connectivity index (χ1n) is 8.47. The molecule has 0 unspecified atom stereocenters. The minimum Gasteiger partial charge on any atom is -0.489 e. The Labute approximate surface area is 150 Å². The summed E-state index contributed by atoms with van der Waals surface area (Å²) < 4.78 is 46.1. The number of benzene rings is 3. The molecule has 4 heteroatoms. The van der Waals surface area contributed by atoms with Crippen molar-refractivity contribution in [1.82, 2.24) is 0 Å². The van der Waals surface area contributed by atoms with Gasteiger partial charge < -0.3 is 4.74 Å². The van der Waals surface area contributed by atoms with Crippen LogP contribution in [0, 0.1) is 17.5 Å². The molecule has 0 bridgehead atoms. The van der Waals surface area contributed by atoms with Gasteiger partial charge in [-0.05, 0) is 60.5 Å². The molecule has 0 saturated heterocycles. The van der Waals surface area contributed by atoms with Gasteiger partial charge in [-0.2, -0.15) is 0 Å². The molecule has 0 radical (unpaired) electrons. The van der Waals surface area contributed by atoms with Gasteiger partial charge >= 0.3 is 0 Å². The van der Waals surface area contributed by atoms with Crippen LogP contribution in [0.2, 0.25) is 0 Å². The number of ether oxygens (including phenoxy) is 1. The van der Waals surface area contributed by atoms with Gasteiger partial charge in [0, 0.05) is 5.39 Å². The summed E-state index contributed by atoms with van der Waals surface area (Å²) in [5.74, 6) is -3.37.